The molecule has 0 unspecified atom stereocenters. The maximum absolute atomic E-state index is 14.9. The second kappa shape index (κ2) is 31.0. The van der Waals surface area contributed by atoms with Crippen molar-refractivity contribution in [2.45, 2.75) is 44.9 Å². The van der Waals surface area contributed by atoms with Crippen molar-refractivity contribution in [1.82, 2.24) is 30.2 Å². The number of rotatable bonds is 32. The number of carbonyl (C=O) groups is 4. The Morgan fingerprint density at radius 3 is 2.03 bits per heavy atom. The molecule has 0 bridgehead atoms. The van der Waals surface area contributed by atoms with Crippen molar-refractivity contribution in [2.24, 2.45) is 0 Å². The molecular formula is C64H65FN8O15S2. The molecule has 0 saturated carbocycles. The average molecular weight is 1270 g/mol. The first-order chi connectivity index (χ1) is 43.8. The molecule has 5 heterocycles. The van der Waals surface area contributed by atoms with Crippen LogP contribution in [0, 0.1) is 12.7 Å². The van der Waals surface area contributed by atoms with Gasteiger partial charge in [-0.1, -0.05) is 18.2 Å². The van der Waals surface area contributed by atoms with Crippen LogP contribution in [0.25, 0.3) is 22.4 Å². The fourth-order valence-corrected chi connectivity index (χ4v) is 10.9. The number of fused-ring (bicyclic) bond motifs is 7. The number of hydrogen-bond acceptors (Lipinski definition) is 20. The number of esters is 2. The number of aryl methyl sites for hydroxylation is 2. The number of halogens is 1. The maximum atomic E-state index is 14.9. The van der Waals surface area contributed by atoms with Crippen molar-refractivity contribution in [1.29, 1.82) is 0 Å². The van der Waals surface area contributed by atoms with Crippen molar-refractivity contribution in [2.75, 3.05) is 96.5 Å². The predicted octanol–water partition coefficient (Wildman–Crippen LogP) is 8.71. The molecular weight excluding hydrogens is 1200 g/mol. The van der Waals surface area contributed by atoms with Crippen LogP contribution in [0.4, 0.5) is 15.2 Å². The number of thiazole rings is 1. The largest absolute Gasteiger partial charge is 0.508 e. The van der Waals surface area contributed by atoms with E-state index >= 15 is 0 Å². The van der Waals surface area contributed by atoms with Crippen molar-refractivity contribution in [3.8, 4) is 40.1 Å². The van der Waals surface area contributed by atoms with Crippen molar-refractivity contribution in [3.05, 3.63) is 166 Å². The molecule has 0 atom stereocenters. The lowest BCUT2D eigenvalue weighted by molar-refractivity contribution is -0.136. The number of ether oxygens (including phenoxy) is 9. The zero-order valence-electron chi connectivity index (χ0n) is 49.0. The summed E-state index contributed by atoms with van der Waals surface area (Å²) in [5, 5.41) is 34.8. The second-order valence-electron chi connectivity index (χ2n) is 20.4. The average Bonchev–Trinajstić information content (AvgIpc) is 1.45. The highest BCUT2D eigenvalue weighted by Crippen LogP contribution is 2.57. The number of carbonyl (C=O) groups excluding carboxylic acids is 4. The summed E-state index contributed by atoms with van der Waals surface area (Å²) in [5.74, 6) is -1.42. The molecule has 0 aliphatic carbocycles. The van der Waals surface area contributed by atoms with Gasteiger partial charge in [0.2, 0.25) is 5.91 Å². The zero-order valence-corrected chi connectivity index (χ0v) is 50.6. The van der Waals surface area contributed by atoms with Gasteiger partial charge in [0.15, 0.2) is 27.4 Å². The second-order valence-corrected chi connectivity index (χ2v) is 21.7. The Bertz CT molecular complexity index is 3800. The van der Waals surface area contributed by atoms with Crippen molar-refractivity contribution < 1.29 is 76.4 Å². The molecule has 0 fully saturated rings. The normalized spacial score (nSPS) is 12.6. The third-order valence-corrected chi connectivity index (χ3v) is 15.2. The Morgan fingerprint density at radius 2 is 1.37 bits per heavy atom. The number of thiocarbonyl (C=S) groups is 1. The highest BCUT2D eigenvalue weighted by atomic mass is 32.1. The topological polar surface area (TPSA) is 284 Å². The summed E-state index contributed by atoms with van der Waals surface area (Å²) in [4.78, 5) is 65.1. The monoisotopic (exact) mass is 1270 g/mol. The number of imidazole rings is 1. The molecule has 2 amide bonds. The number of hydrogen-bond donors (Lipinski definition) is 6. The molecule has 8 aromatic rings. The smallest absolute Gasteiger partial charge is 0.340 e. The van der Waals surface area contributed by atoms with Gasteiger partial charge in [0.25, 0.3) is 5.91 Å². The van der Waals surface area contributed by atoms with Crippen LogP contribution in [0.3, 0.4) is 0 Å². The molecule has 26 heteroatoms. The van der Waals surface area contributed by atoms with E-state index in [1.54, 1.807) is 54.7 Å². The highest BCUT2D eigenvalue weighted by Gasteiger charge is 2.53. The third-order valence-electron chi connectivity index (χ3n) is 14.2. The van der Waals surface area contributed by atoms with Gasteiger partial charge in [-0.05, 0) is 110 Å². The molecule has 0 radical (unpaired) electrons. The maximum Gasteiger partial charge on any atom is 0.340 e. The number of amides is 2. The van der Waals surface area contributed by atoms with Crippen molar-refractivity contribution >= 4 is 74.3 Å². The molecule has 6 N–H and O–H groups in total. The molecule has 2 aliphatic rings. The first-order valence-electron chi connectivity index (χ1n) is 29.0. The van der Waals surface area contributed by atoms with E-state index in [1.165, 1.54) is 47.7 Å². The zero-order chi connectivity index (χ0) is 62.8. The predicted molar refractivity (Wildman–Crippen MR) is 333 cm³/mol. The summed E-state index contributed by atoms with van der Waals surface area (Å²) in [5.41, 5.74) is 4.98. The van der Waals surface area contributed by atoms with Crippen LogP contribution in [0.1, 0.15) is 68.1 Å². The Labute approximate surface area is 525 Å². The Balaban J connectivity index is 0.500. The van der Waals surface area contributed by atoms with E-state index in [0.29, 0.717) is 157 Å². The fourth-order valence-electron chi connectivity index (χ4n) is 9.96. The molecule has 5 aromatic carbocycles. The van der Waals surface area contributed by atoms with Crippen LogP contribution < -0.4 is 30.7 Å². The first-order valence-corrected chi connectivity index (χ1v) is 30.2. The molecule has 470 valence electrons. The minimum absolute atomic E-state index is 0.0265. The Morgan fingerprint density at radius 1 is 0.700 bits per heavy atom. The van der Waals surface area contributed by atoms with Gasteiger partial charge in [-0.15, -0.1) is 11.3 Å². The number of aromatic hydroxyl groups is 2. The minimum Gasteiger partial charge on any atom is -0.508 e. The molecule has 23 nitrogen and oxygen atoms in total. The van der Waals surface area contributed by atoms with Gasteiger partial charge in [0.1, 0.15) is 34.5 Å². The summed E-state index contributed by atoms with van der Waals surface area (Å²) in [6.45, 7) is 6.79. The van der Waals surface area contributed by atoms with Crippen LogP contribution in [0.15, 0.2) is 121 Å². The number of anilines is 2. The van der Waals surface area contributed by atoms with Gasteiger partial charge in [-0.25, -0.2) is 19.2 Å². The summed E-state index contributed by atoms with van der Waals surface area (Å²) in [6.07, 6.45) is 2.32. The van der Waals surface area contributed by atoms with Crippen LogP contribution in [-0.4, -0.2) is 144 Å². The van der Waals surface area contributed by atoms with Gasteiger partial charge >= 0.3 is 11.9 Å². The van der Waals surface area contributed by atoms with E-state index in [4.69, 9.17) is 54.8 Å². The lowest BCUT2D eigenvalue weighted by Gasteiger charge is -2.36. The number of phenolic OH excluding ortho intramolecular Hbond substituents is 2. The van der Waals surface area contributed by atoms with Crippen LogP contribution >= 0.6 is 23.6 Å². The molecule has 3 aromatic heterocycles. The van der Waals surface area contributed by atoms with E-state index in [1.807, 2.05) is 41.1 Å². The van der Waals surface area contributed by atoms with Gasteiger partial charge in [-0.3, -0.25) is 24.7 Å². The third kappa shape index (κ3) is 16.4. The number of nitrogens with one attached hydrogen (secondary N) is 4. The van der Waals surface area contributed by atoms with Crippen molar-refractivity contribution in [3.63, 3.8) is 0 Å². The number of benzene rings is 5. The molecule has 1 spiro atoms. The molecule has 90 heavy (non-hydrogen) atoms. The fraction of sp³-hybridized carbons (Fsp3) is 0.312. The first kappa shape index (κ1) is 64.0. The van der Waals surface area contributed by atoms with Crippen LogP contribution in [0.5, 0.6) is 28.7 Å². The van der Waals surface area contributed by atoms with E-state index in [-0.39, 0.29) is 68.3 Å². The highest BCUT2D eigenvalue weighted by molar-refractivity contribution is 7.80. The number of nitrogens with zero attached hydrogens (tertiary/aromatic N) is 4. The van der Waals surface area contributed by atoms with Crippen LogP contribution in [0.2, 0.25) is 0 Å². The lowest BCUT2D eigenvalue weighted by Crippen LogP contribution is -2.33. The lowest BCUT2D eigenvalue weighted by atomic mass is 9.77. The minimum atomic E-state index is -1.36. The van der Waals surface area contributed by atoms with Gasteiger partial charge in [0, 0.05) is 77.7 Å². The Hall–Kier alpha value is -8.99. The standard InChI is InChI=1S/C64H65FN8O15S2/c1-40-69-52-34-42(60(78)72-63-71-53(39-90-63)51-5-2-3-18-66-51)8-15-54(52)73(40)20-4-6-58(76)68-38-41-7-16-55(50(65)33-41)87-59(77)17-21-80-23-25-82-27-29-84-31-32-85-30-28-83-26-24-81-22-19-67-62(89)70-43-9-12-47-46(35-43)61(79)88-64(47)48-13-10-44(74)36-56(48)86-57-37-45(75)11-14-49(57)64/h2-3,5,7-16,18,33-37,39,74-75H,4,6,17,19-32,38H2,1H3,(H,68,76)(H2,67,70,89)(H,71,72,78). The summed E-state index contributed by atoms with van der Waals surface area (Å²) in [6, 6.07) is 29.4. The van der Waals surface area contributed by atoms with Crippen LogP contribution in [-0.2, 0) is 61.4 Å². The molecule has 0 saturated heterocycles. The molecule has 10 rings (SSSR count). The number of pyridine rings is 1. The van der Waals surface area contributed by atoms with Gasteiger partial charge in [0.05, 0.1) is 108 Å². The van der Waals surface area contributed by atoms with E-state index in [2.05, 4.69) is 36.2 Å². The SMILES string of the molecule is Cc1nc2cc(C(=O)Nc3nc(-c4ccccn4)cs3)ccc2n1CCCC(=O)NCc1ccc(OC(=O)CCOCCOCCOCCOCCOCCOCCNC(=S)Nc2ccc3c(c2)C(=O)OC32c3ccc(O)cc3Oc3cc(O)ccc32)c(F)c1. The van der Waals surface area contributed by atoms with Gasteiger partial charge < -0.3 is 73.4 Å². The van der Waals surface area contributed by atoms with E-state index < -0.39 is 23.4 Å². The summed E-state index contributed by atoms with van der Waals surface area (Å²) < 4.78 is 67.5. The number of aromatic nitrogens is 4. The van der Waals surface area contributed by atoms with E-state index in [0.717, 1.165) is 11.3 Å². The van der Waals surface area contributed by atoms with E-state index in [9.17, 15) is 33.8 Å². The summed E-state index contributed by atoms with van der Waals surface area (Å²) in [7, 11) is 0. The Kier molecular flexibility index (Phi) is 22.0. The summed E-state index contributed by atoms with van der Waals surface area (Å²) >= 11 is 6.79. The molecule has 2 aliphatic heterocycles. The quantitative estimate of drug-likeness (QED) is 0.00994. The number of phenols is 2. The van der Waals surface area contributed by atoms with Gasteiger partial charge in [-0.2, -0.15) is 0 Å².